The first-order valence-corrected chi connectivity index (χ1v) is 8.69. The van der Waals surface area contributed by atoms with Crippen molar-refractivity contribution in [1.29, 1.82) is 0 Å². The van der Waals surface area contributed by atoms with E-state index in [9.17, 15) is 9.59 Å². The molecule has 0 aromatic heterocycles. The zero-order valence-corrected chi connectivity index (χ0v) is 13.9. The van der Waals surface area contributed by atoms with Crippen LogP contribution < -0.4 is 5.32 Å². The van der Waals surface area contributed by atoms with Crippen LogP contribution in [0.15, 0.2) is 0 Å². The first-order valence-electron chi connectivity index (χ1n) is 8.05. The molecule has 0 radical (unpaired) electrons. The summed E-state index contributed by atoms with van der Waals surface area (Å²) >= 11 is 4.23. The van der Waals surface area contributed by atoms with Crippen LogP contribution in [0.2, 0.25) is 0 Å². The van der Waals surface area contributed by atoms with Gasteiger partial charge in [-0.15, -0.1) is 0 Å². The molecule has 1 saturated heterocycles. The van der Waals surface area contributed by atoms with Crippen molar-refractivity contribution in [2.75, 3.05) is 32.1 Å². The second-order valence-corrected chi connectivity index (χ2v) is 6.07. The Morgan fingerprint density at radius 2 is 1.73 bits per heavy atom. The van der Waals surface area contributed by atoms with Crippen molar-refractivity contribution < 1.29 is 19.8 Å². The molecule has 1 rings (SSSR count). The lowest BCUT2D eigenvalue weighted by Gasteiger charge is -2.28. The van der Waals surface area contributed by atoms with Crippen molar-refractivity contribution in [3.05, 3.63) is 0 Å². The second-order valence-electron chi connectivity index (χ2n) is 5.70. The van der Waals surface area contributed by atoms with Gasteiger partial charge in [0.1, 0.15) is 6.04 Å². The van der Waals surface area contributed by atoms with Gasteiger partial charge in [0, 0.05) is 24.8 Å². The maximum Gasteiger partial charge on any atom is 0.245 e. The molecule has 0 aromatic carbocycles. The number of hydrogen-bond donors (Lipinski definition) is 4. The van der Waals surface area contributed by atoms with Crippen LogP contribution >= 0.6 is 12.6 Å². The third-order valence-corrected chi connectivity index (χ3v) is 4.49. The highest BCUT2D eigenvalue weighted by atomic mass is 32.1. The molecule has 1 fully saturated rings. The summed E-state index contributed by atoms with van der Waals surface area (Å²) in [6.07, 6.45) is 5.39. The van der Waals surface area contributed by atoms with E-state index in [-0.39, 0.29) is 44.0 Å². The fourth-order valence-corrected chi connectivity index (χ4v) is 3.09. The highest BCUT2D eigenvalue weighted by Gasteiger charge is 2.28. The van der Waals surface area contributed by atoms with Gasteiger partial charge in [-0.05, 0) is 12.8 Å². The number of nitrogens with one attached hydrogen (secondary N) is 1. The zero-order valence-electron chi connectivity index (χ0n) is 13.0. The number of aliphatic hydroxyl groups is 2. The molecule has 3 N–H and O–H groups in total. The number of aliphatic hydroxyl groups excluding tert-OH is 2. The standard InChI is InChI=1S/C15H28N2O4S/c18-9-7-17(8-10-19)15(21)13-6-4-2-1-3-5-12(11-22)14(20)16-13/h12-13,18-19,22H,1-11H2,(H,16,20)/t12-,13-/m1/s1. The van der Waals surface area contributed by atoms with Gasteiger partial charge in [-0.3, -0.25) is 9.59 Å². The molecule has 2 amide bonds. The molecule has 7 heteroatoms. The van der Waals surface area contributed by atoms with E-state index >= 15 is 0 Å². The molecule has 1 aliphatic rings. The average molecular weight is 332 g/mol. The molecular formula is C15H28N2O4S. The van der Waals surface area contributed by atoms with Gasteiger partial charge < -0.3 is 20.4 Å². The molecule has 1 aliphatic heterocycles. The third kappa shape index (κ3) is 6.14. The minimum Gasteiger partial charge on any atom is -0.395 e. The van der Waals surface area contributed by atoms with Crippen LogP contribution in [-0.4, -0.2) is 65.0 Å². The predicted octanol–water partition coefficient (Wildman–Crippen LogP) is 0.185. The monoisotopic (exact) mass is 332 g/mol. The molecule has 0 aromatic rings. The fraction of sp³-hybridized carbons (Fsp3) is 0.867. The lowest BCUT2D eigenvalue weighted by molar-refractivity contribution is -0.138. The van der Waals surface area contributed by atoms with Gasteiger partial charge >= 0.3 is 0 Å². The Labute approximate surface area is 137 Å². The van der Waals surface area contributed by atoms with Gasteiger partial charge in [0.15, 0.2) is 0 Å². The van der Waals surface area contributed by atoms with Crippen molar-refractivity contribution in [2.24, 2.45) is 5.92 Å². The van der Waals surface area contributed by atoms with Gasteiger partial charge in [0.2, 0.25) is 11.8 Å². The highest BCUT2D eigenvalue weighted by molar-refractivity contribution is 7.80. The minimum absolute atomic E-state index is 0.122. The van der Waals surface area contributed by atoms with Gasteiger partial charge in [-0.25, -0.2) is 0 Å². The van der Waals surface area contributed by atoms with Crippen LogP contribution in [0.3, 0.4) is 0 Å². The van der Waals surface area contributed by atoms with Crippen LogP contribution in [0, 0.1) is 5.92 Å². The number of hydrogen-bond acceptors (Lipinski definition) is 5. The van der Waals surface area contributed by atoms with E-state index in [1.807, 2.05) is 0 Å². The summed E-state index contributed by atoms with van der Waals surface area (Å²) in [7, 11) is 0. The van der Waals surface area contributed by atoms with E-state index in [1.54, 1.807) is 0 Å². The number of carbonyl (C=O) groups excluding carboxylic acids is 2. The topological polar surface area (TPSA) is 89.9 Å². The molecule has 0 saturated carbocycles. The Hall–Kier alpha value is -0.790. The molecule has 128 valence electrons. The maximum absolute atomic E-state index is 12.6. The van der Waals surface area contributed by atoms with E-state index in [1.165, 1.54) is 4.90 Å². The van der Waals surface area contributed by atoms with Gasteiger partial charge in [0.25, 0.3) is 0 Å². The molecule has 2 atom stereocenters. The molecule has 0 spiro atoms. The Balaban J connectivity index is 2.77. The maximum atomic E-state index is 12.6. The van der Waals surface area contributed by atoms with Crippen molar-refractivity contribution in [2.45, 2.75) is 44.6 Å². The molecule has 0 bridgehead atoms. The molecule has 1 heterocycles. The van der Waals surface area contributed by atoms with Crippen LogP contribution in [0.5, 0.6) is 0 Å². The van der Waals surface area contributed by atoms with E-state index in [0.29, 0.717) is 12.2 Å². The van der Waals surface area contributed by atoms with Crippen molar-refractivity contribution >= 4 is 24.4 Å². The van der Waals surface area contributed by atoms with E-state index in [4.69, 9.17) is 10.2 Å². The first-order chi connectivity index (χ1) is 10.6. The Kier molecular flexibility index (Phi) is 9.50. The predicted molar refractivity (Wildman–Crippen MR) is 87.7 cm³/mol. The number of thiol groups is 1. The van der Waals surface area contributed by atoms with Crippen molar-refractivity contribution in [1.82, 2.24) is 10.2 Å². The molecule has 22 heavy (non-hydrogen) atoms. The van der Waals surface area contributed by atoms with E-state index < -0.39 is 6.04 Å². The van der Waals surface area contributed by atoms with E-state index in [0.717, 1.165) is 32.1 Å². The van der Waals surface area contributed by atoms with Crippen LogP contribution in [0.1, 0.15) is 38.5 Å². The Bertz CT molecular complexity index is 348. The average Bonchev–Trinajstić information content (AvgIpc) is 2.52. The first kappa shape index (κ1) is 19.3. The van der Waals surface area contributed by atoms with Gasteiger partial charge in [-0.1, -0.05) is 25.7 Å². The molecular weight excluding hydrogens is 304 g/mol. The van der Waals surface area contributed by atoms with Crippen molar-refractivity contribution in [3.8, 4) is 0 Å². The summed E-state index contributed by atoms with van der Waals surface area (Å²) < 4.78 is 0. The lowest BCUT2D eigenvalue weighted by atomic mass is 9.97. The SMILES string of the molecule is O=C1N[C@@H](C(=O)N(CCO)CCO)CCCCCC[C@@H]1CS. The number of carbonyl (C=O) groups is 2. The number of nitrogens with zero attached hydrogens (tertiary/aromatic N) is 1. The van der Waals surface area contributed by atoms with Crippen LogP contribution in [0.4, 0.5) is 0 Å². The summed E-state index contributed by atoms with van der Waals surface area (Å²) in [5.41, 5.74) is 0. The van der Waals surface area contributed by atoms with E-state index in [2.05, 4.69) is 17.9 Å². The number of rotatable bonds is 6. The zero-order chi connectivity index (χ0) is 16.4. The Morgan fingerprint density at radius 1 is 1.14 bits per heavy atom. The second kappa shape index (κ2) is 10.9. The summed E-state index contributed by atoms with van der Waals surface area (Å²) in [6, 6.07) is -0.578. The lowest BCUT2D eigenvalue weighted by Crippen LogP contribution is -2.51. The third-order valence-electron chi connectivity index (χ3n) is 4.05. The minimum atomic E-state index is -0.578. The molecule has 0 unspecified atom stereocenters. The summed E-state index contributed by atoms with van der Waals surface area (Å²) in [6.45, 7) is 0.0147. The normalized spacial score (nSPS) is 23.7. The fourth-order valence-electron chi connectivity index (χ4n) is 2.74. The summed E-state index contributed by atoms with van der Waals surface area (Å²) in [5, 5.41) is 20.9. The summed E-state index contributed by atoms with van der Waals surface area (Å²) in [5.74, 6) is -0.0389. The largest absolute Gasteiger partial charge is 0.395 e. The quantitative estimate of drug-likeness (QED) is 0.523. The Morgan fingerprint density at radius 3 is 2.27 bits per heavy atom. The molecule has 0 aliphatic carbocycles. The summed E-state index contributed by atoms with van der Waals surface area (Å²) in [4.78, 5) is 26.2. The van der Waals surface area contributed by atoms with Crippen LogP contribution in [-0.2, 0) is 9.59 Å². The van der Waals surface area contributed by atoms with Crippen molar-refractivity contribution in [3.63, 3.8) is 0 Å². The number of amides is 2. The molecule has 6 nitrogen and oxygen atoms in total. The smallest absolute Gasteiger partial charge is 0.245 e. The van der Waals surface area contributed by atoms with Crippen LogP contribution in [0.25, 0.3) is 0 Å². The van der Waals surface area contributed by atoms with Gasteiger partial charge in [0.05, 0.1) is 13.2 Å². The highest BCUT2D eigenvalue weighted by Crippen LogP contribution is 2.17. The van der Waals surface area contributed by atoms with Gasteiger partial charge in [-0.2, -0.15) is 12.6 Å².